The minimum Gasteiger partial charge on any atom is -0.489 e. The number of carbonyl (C=O) groups is 1. The molecule has 8 aliphatic rings. The number of nitro groups is 1. The summed E-state index contributed by atoms with van der Waals surface area (Å²) in [4.78, 5) is 43.7. The molecule has 3 aromatic carbocycles. The Labute approximate surface area is 423 Å². The highest BCUT2D eigenvalue weighted by atomic mass is 32.2. The molecule has 384 valence electrons. The number of rotatable bonds is 11. The third kappa shape index (κ3) is 8.06. The van der Waals surface area contributed by atoms with Crippen LogP contribution < -0.4 is 29.3 Å². The molecule has 1 amide bonds. The van der Waals surface area contributed by atoms with Crippen LogP contribution in [-0.4, -0.2) is 147 Å². The van der Waals surface area contributed by atoms with Crippen molar-refractivity contribution in [3.05, 3.63) is 99.7 Å². The second-order valence-corrected chi connectivity index (χ2v) is 23.5. The molecule has 0 bridgehead atoms. The second kappa shape index (κ2) is 17.8. The smallest absolute Gasteiger partial charge is 0.297 e. The highest BCUT2D eigenvalue weighted by Gasteiger charge is 2.55. The van der Waals surface area contributed by atoms with Crippen LogP contribution in [-0.2, 0) is 24.2 Å². The van der Waals surface area contributed by atoms with Gasteiger partial charge in [0.15, 0.2) is 11.4 Å². The highest BCUT2D eigenvalue weighted by molar-refractivity contribution is 7.90. The Bertz CT molecular complexity index is 3110. The second-order valence-electron chi connectivity index (χ2n) is 21.8. The molecular weight excluding hydrogens is 955 g/mol. The van der Waals surface area contributed by atoms with Crippen molar-refractivity contribution in [2.45, 2.75) is 106 Å². The highest BCUT2D eigenvalue weighted by Crippen LogP contribution is 2.55. The van der Waals surface area contributed by atoms with Crippen LogP contribution in [0.25, 0.3) is 11.0 Å². The van der Waals surface area contributed by atoms with Crippen molar-refractivity contribution < 1.29 is 41.8 Å². The number of benzene rings is 3. The minimum atomic E-state index is -4.72. The summed E-state index contributed by atoms with van der Waals surface area (Å²) in [6, 6.07) is 21.1. The van der Waals surface area contributed by atoms with Gasteiger partial charge in [0.05, 0.1) is 78.3 Å². The summed E-state index contributed by atoms with van der Waals surface area (Å²) in [5.74, 6) is -0.0994. The lowest BCUT2D eigenvalue weighted by molar-refractivity contribution is -0.384. The molecule has 5 aromatic rings. The average molecular weight is 1020 g/mol. The summed E-state index contributed by atoms with van der Waals surface area (Å²) < 4.78 is 61.3. The number of ether oxygens (including phenoxy) is 5. The van der Waals surface area contributed by atoms with Crippen LogP contribution in [0.2, 0.25) is 0 Å². The standard InChI is InChI=1S/C53H61N9O10S/c1-30(2)37-7-4-5-8-38(37)41-9-6-14-59(41)34-19-53(20-34)28-58(29-53)33-10-11-39(42(16-33)61-44-15-32-12-13-54-50(32)56-52(44)72-48-27-69-26-45(48)61)51(63)57-73(66,67)36-17-43(62(64)65)49-46(18-36)71-25-40(55-49)47-21-60(31(3)22-70-47)35-23-68-24-35/h4-5,7-8,10-13,15-18,30-31,34-35,40-41,45,47-48,55H,6,9,14,19-29H2,1-3H3,(H,54,56)(H,57,63)/t31-,40-,41+,45+,47?,48+/m1/s1. The molecule has 9 heterocycles. The first-order chi connectivity index (χ1) is 35.3. The number of pyridine rings is 1. The van der Waals surface area contributed by atoms with E-state index in [1.165, 1.54) is 30.0 Å². The lowest BCUT2D eigenvalue weighted by atomic mass is 9.60. The number of amides is 1. The number of nitrogens with zero attached hydrogens (tertiary/aromatic N) is 6. The largest absolute Gasteiger partial charge is 0.489 e. The maximum absolute atomic E-state index is 14.8. The molecule has 1 spiro atoms. The number of H-pyrrole nitrogens is 1. The molecule has 1 unspecified atom stereocenters. The van der Waals surface area contributed by atoms with E-state index in [4.69, 9.17) is 28.7 Å². The number of morpholine rings is 1. The summed E-state index contributed by atoms with van der Waals surface area (Å²) >= 11 is 0. The van der Waals surface area contributed by atoms with Gasteiger partial charge in [-0.1, -0.05) is 38.1 Å². The van der Waals surface area contributed by atoms with E-state index in [2.05, 4.69) is 74.8 Å². The zero-order valence-electron chi connectivity index (χ0n) is 41.2. The average Bonchev–Trinajstić information content (AvgIpc) is 4.13. The van der Waals surface area contributed by atoms with E-state index < -0.39 is 43.6 Å². The Morgan fingerprint density at radius 2 is 1.75 bits per heavy atom. The number of nitrogens with one attached hydrogen (secondary N) is 3. The van der Waals surface area contributed by atoms with Gasteiger partial charge in [0, 0.05) is 72.6 Å². The first kappa shape index (κ1) is 46.7. The number of anilines is 4. The molecule has 20 heteroatoms. The topological polar surface area (TPSA) is 206 Å². The van der Waals surface area contributed by atoms with Gasteiger partial charge in [-0.3, -0.25) is 24.7 Å². The van der Waals surface area contributed by atoms with Crippen molar-refractivity contribution in [2.75, 3.05) is 80.9 Å². The number of nitro benzene ring substituents is 1. The zero-order valence-corrected chi connectivity index (χ0v) is 42.0. The molecule has 1 aliphatic carbocycles. The zero-order chi connectivity index (χ0) is 49.9. The molecule has 5 saturated heterocycles. The fourth-order valence-corrected chi connectivity index (χ4v) is 14.1. The molecule has 7 aliphatic heterocycles. The fraction of sp³-hybridized carbons (Fsp3) is 0.509. The summed E-state index contributed by atoms with van der Waals surface area (Å²) in [6.45, 7) is 12.5. The minimum absolute atomic E-state index is 0.0145. The van der Waals surface area contributed by atoms with Gasteiger partial charge in [-0.05, 0) is 86.5 Å². The van der Waals surface area contributed by atoms with Crippen LogP contribution in [0.3, 0.4) is 0 Å². The summed E-state index contributed by atoms with van der Waals surface area (Å²) in [5, 5.41) is 16.7. The first-order valence-corrected chi connectivity index (χ1v) is 27.3. The molecule has 2 aromatic heterocycles. The number of carbonyl (C=O) groups excluding carboxylic acids is 1. The number of hydrogen-bond acceptors (Lipinski definition) is 16. The predicted molar refractivity (Wildman–Crippen MR) is 272 cm³/mol. The van der Waals surface area contributed by atoms with Crippen molar-refractivity contribution in [2.24, 2.45) is 5.41 Å². The van der Waals surface area contributed by atoms with Gasteiger partial charge >= 0.3 is 0 Å². The van der Waals surface area contributed by atoms with Crippen molar-refractivity contribution in [3.63, 3.8) is 0 Å². The summed E-state index contributed by atoms with van der Waals surface area (Å²) in [6.07, 6.45) is 5.65. The van der Waals surface area contributed by atoms with E-state index in [0.717, 1.165) is 49.6 Å². The number of aromatic amines is 1. The fourth-order valence-electron chi connectivity index (χ4n) is 13.1. The lowest BCUT2D eigenvalue weighted by Gasteiger charge is -2.62. The van der Waals surface area contributed by atoms with Crippen LogP contribution in [0.5, 0.6) is 11.6 Å². The van der Waals surface area contributed by atoms with Gasteiger partial charge in [-0.2, -0.15) is 4.98 Å². The molecule has 1 saturated carbocycles. The van der Waals surface area contributed by atoms with Gasteiger partial charge in [0.1, 0.15) is 24.0 Å². The number of aromatic nitrogens is 2. The monoisotopic (exact) mass is 1020 g/mol. The molecule has 3 N–H and O–H groups in total. The molecule has 73 heavy (non-hydrogen) atoms. The van der Waals surface area contributed by atoms with E-state index >= 15 is 0 Å². The van der Waals surface area contributed by atoms with Crippen LogP contribution in [0.4, 0.5) is 28.4 Å². The van der Waals surface area contributed by atoms with Gasteiger partial charge < -0.3 is 43.8 Å². The van der Waals surface area contributed by atoms with Crippen LogP contribution in [0, 0.1) is 15.5 Å². The van der Waals surface area contributed by atoms with Crippen molar-refractivity contribution >= 4 is 55.4 Å². The maximum Gasteiger partial charge on any atom is 0.297 e. The van der Waals surface area contributed by atoms with Crippen LogP contribution in [0.15, 0.2) is 77.8 Å². The molecule has 6 fully saturated rings. The Hall–Kier alpha value is -6.03. The van der Waals surface area contributed by atoms with Crippen molar-refractivity contribution in [1.29, 1.82) is 0 Å². The van der Waals surface area contributed by atoms with Gasteiger partial charge in [-0.15, -0.1) is 0 Å². The SMILES string of the molecule is CC(C)c1ccccc1[C@@H]1CCCN1C1CC2(C1)CN(c1ccc(C(=O)NS(=O)(=O)c3cc4c(c([N+](=O)[O-])c3)N[C@@H](C3CN(C5COC5)[C@H](C)CO3)CO4)c(N3c4cc5cc[nH]c5nc4O[C@H]4COC[C@@H]43)c1)C2. The number of hydrogen-bond donors (Lipinski definition) is 3. The van der Waals surface area contributed by atoms with Gasteiger partial charge in [0.25, 0.3) is 21.6 Å². The Balaban J connectivity index is 0.782. The van der Waals surface area contributed by atoms with Crippen molar-refractivity contribution in [3.8, 4) is 11.6 Å². The molecule has 6 atom stereocenters. The van der Waals surface area contributed by atoms with Crippen molar-refractivity contribution in [1.82, 2.24) is 24.5 Å². The maximum atomic E-state index is 14.8. The first-order valence-electron chi connectivity index (χ1n) is 25.8. The lowest BCUT2D eigenvalue weighted by Crippen LogP contribution is -2.66. The van der Waals surface area contributed by atoms with Gasteiger partial charge in [-0.25, -0.2) is 13.1 Å². The van der Waals surface area contributed by atoms with E-state index in [0.29, 0.717) is 80.5 Å². The van der Waals surface area contributed by atoms with E-state index in [9.17, 15) is 23.3 Å². The number of sulfonamides is 1. The van der Waals surface area contributed by atoms with Crippen LogP contribution >= 0.6 is 0 Å². The molecule has 19 nitrogen and oxygen atoms in total. The molecular formula is C53H61N9O10S. The van der Waals surface area contributed by atoms with Crippen LogP contribution in [0.1, 0.15) is 79.9 Å². The Morgan fingerprint density at radius 1 is 0.932 bits per heavy atom. The Morgan fingerprint density at radius 3 is 2.55 bits per heavy atom. The van der Waals surface area contributed by atoms with Gasteiger partial charge in [0.2, 0.25) is 5.88 Å². The third-order valence-electron chi connectivity index (χ3n) is 16.9. The quantitative estimate of drug-likeness (QED) is 0.0957. The van der Waals surface area contributed by atoms with E-state index in [1.807, 2.05) is 29.2 Å². The summed E-state index contributed by atoms with van der Waals surface area (Å²) in [7, 11) is -4.72. The molecule has 0 radical (unpaired) electrons. The van der Waals surface area contributed by atoms with E-state index in [1.54, 1.807) is 12.3 Å². The normalized spacial score (nSPS) is 27.0. The van der Waals surface area contributed by atoms with E-state index in [-0.39, 0.29) is 53.3 Å². The third-order valence-corrected chi connectivity index (χ3v) is 18.2. The molecule has 13 rings (SSSR count). The summed E-state index contributed by atoms with van der Waals surface area (Å²) in [5.41, 5.74) is 5.34. The predicted octanol–water partition coefficient (Wildman–Crippen LogP) is 6.48. The Kier molecular flexibility index (Phi) is 11.4. The number of fused-ring (bicyclic) bond motifs is 4. The number of likely N-dealkylation sites (tertiary alicyclic amines) is 1.